The van der Waals surface area contributed by atoms with E-state index in [-0.39, 0.29) is 30.4 Å². The van der Waals surface area contributed by atoms with E-state index >= 15 is 0 Å². The van der Waals surface area contributed by atoms with Crippen molar-refractivity contribution in [1.82, 2.24) is 3.80 Å². The quantitative estimate of drug-likeness (QED) is 0.675. The van der Waals surface area contributed by atoms with E-state index in [1.54, 1.807) is 0 Å². The van der Waals surface area contributed by atoms with Crippen LogP contribution < -0.4 is 3.80 Å². The molecule has 0 bridgehead atoms. The third-order valence-electron chi connectivity index (χ3n) is 3.76. The zero-order valence-corrected chi connectivity index (χ0v) is 20.9. The molecule has 0 saturated heterocycles. The smallest absolute Gasteiger partial charge is 0.147 e. The van der Waals surface area contributed by atoms with Crippen LogP contribution in [0, 0.1) is 0 Å². The summed E-state index contributed by atoms with van der Waals surface area (Å²) in [5.41, 5.74) is -0.0692. The van der Waals surface area contributed by atoms with Gasteiger partial charge >= 0.3 is 127 Å². The number of allylic oxidation sites excluding steroid dienone is 4. The number of rotatable bonds is 5. The summed E-state index contributed by atoms with van der Waals surface area (Å²) in [6, 6.07) is 0. The molecule has 0 atom stereocenters. The molecule has 0 unspecified atom stereocenters. The third-order valence-corrected chi connectivity index (χ3v) is 24.4. The standard InChI is InChI=1S/C5H5.C4H10N.C3H9OSi.CH3O.CH3.2ClH.H2Si.Ti/c1-2-4-5-3-1;1-4(2,3)5;1-5(2,3)4;1-2;;;;;/h1-3H,4H2;5H,1-3H3;1-3H3;1H3;1H3;2*1H;1H2;/q;3*-1;;;;;+3. The van der Waals surface area contributed by atoms with Crippen molar-refractivity contribution in [3.05, 3.63) is 22.1 Å². The van der Waals surface area contributed by atoms with Gasteiger partial charge in [-0.2, -0.15) is 0 Å². The molecule has 0 aliphatic heterocycles. The molecular weight excluding hydrogens is 389 g/mol. The van der Waals surface area contributed by atoms with Gasteiger partial charge in [-0.05, 0) is 0 Å². The number of hydrogen-bond acceptors (Lipinski definition) is 3. The van der Waals surface area contributed by atoms with Gasteiger partial charge in [0, 0.05) is 0 Å². The van der Waals surface area contributed by atoms with Crippen LogP contribution in [0.5, 0.6) is 0 Å². The summed E-state index contributed by atoms with van der Waals surface area (Å²) < 4.78 is 18.4. The van der Waals surface area contributed by atoms with Gasteiger partial charge in [0.25, 0.3) is 0 Å². The summed E-state index contributed by atoms with van der Waals surface area (Å²) in [5, 5.41) is 2.24. The van der Waals surface area contributed by atoms with Crippen LogP contribution in [0.3, 0.4) is 0 Å². The van der Waals surface area contributed by atoms with Crippen molar-refractivity contribution >= 4 is 40.8 Å². The largest absolute Gasteiger partial charge is 0.147 e. The van der Waals surface area contributed by atoms with Gasteiger partial charge in [0.15, 0.2) is 0 Å². The molecule has 0 spiro atoms. The minimum Gasteiger partial charge on any atom is -0.147 e. The van der Waals surface area contributed by atoms with E-state index in [1.807, 2.05) is 14.7 Å². The molecule has 1 rings (SSSR count). The molecular formula is C14H34Cl2NO2Si2Ti. The van der Waals surface area contributed by atoms with Gasteiger partial charge < -0.3 is 0 Å². The topological polar surface area (TPSA) is 30.5 Å². The first-order chi connectivity index (χ1) is 8.65. The molecule has 0 heterocycles. The van der Waals surface area contributed by atoms with Gasteiger partial charge in [0.1, 0.15) is 0 Å². The maximum absolute atomic E-state index is 6.91. The molecule has 8 heteroatoms. The maximum atomic E-state index is 6.91. The summed E-state index contributed by atoms with van der Waals surface area (Å²) in [4.78, 5) is 0. The molecule has 0 aromatic heterocycles. The molecule has 1 aliphatic rings. The summed E-state index contributed by atoms with van der Waals surface area (Å²) in [6.45, 7) is 13.3. The van der Waals surface area contributed by atoms with Crippen LogP contribution in [-0.2, 0) is 20.1 Å². The second-order valence-corrected chi connectivity index (χ2v) is 32.1. The maximum Gasteiger partial charge on any atom is -0.147 e. The summed E-state index contributed by atoms with van der Waals surface area (Å²) in [5.74, 6) is 0. The summed E-state index contributed by atoms with van der Waals surface area (Å²) >= 11 is -4.41. The summed E-state index contributed by atoms with van der Waals surface area (Å²) in [6.07, 6.45) is 7.42. The SMILES string of the molecule is C[O][Ti]([CH3])(=[SiH2])([NH]C(C)(C)C)([O][Si](C)(C)C)[C]1=CC=CC1.Cl.Cl. The Labute approximate surface area is 150 Å². The Balaban J connectivity index is 0. The zero-order valence-electron chi connectivity index (χ0n) is 15.3. The van der Waals surface area contributed by atoms with Gasteiger partial charge in [-0.1, -0.05) is 0 Å². The van der Waals surface area contributed by atoms with E-state index < -0.39 is 22.1 Å². The normalized spacial score (nSPS) is 18.6. The van der Waals surface area contributed by atoms with Crippen LogP contribution >= 0.6 is 24.8 Å². The van der Waals surface area contributed by atoms with E-state index in [4.69, 9.17) is 6.33 Å². The Hall–Kier alpha value is 1.09. The van der Waals surface area contributed by atoms with Crippen molar-refractivity contribution in [2.45, 2.75) is 57.6 Å². The monoisotopic (exact) mass is 422 g/mol. The Morgan fingerprint density at radius 3 is 2.00 bits per heavy atom. The van der Waals surface area contributed by atoms with Gasteiger partial charge in [-0.15, -0.1) is 24.8 Å². The Morgan fingerprint density at radius 2 is 1.73 bits per heavy atom. The van der Waals surface area contributed by atoms with Crippen molar-refractivity contribution in [1.29, 1.82) is 0 Å². The van der Waals surface area contributed by atoms with E-state index in [1.165, 1.54) is 3.88 Å². The Kier molecular flexibility index (Phi) is 7.80. The van der Waals surface area contributed by atoms with Gasteiger partial charge in [-0.25, -0.2) is 0 Å². The van der Waals surface area contributed by atoms with Crippen molar-refractivity contribution in [3.8, 4) is 0 Å². The molecule has 1 N–H and O–H groups in total. The molecule has 0 radical (unpaired) electrons. The van der Waals surface area contributed by atoms with Crippen molar-refractivity contribution in [2.75, 3.05) is 7.11 Å². The van der Waals surface area contributed by atoms with Gasteiger partial charge in [0.05, 0.1) is 0 Å². The zero-order chi connectivity index (χ0) is 15.9. The van der Waals surface area contributed by atoms with Crippen LogP contribution in [0.4, 0.5) is 0 Å². The molecule has 0 fully saturated rings. The van der Waals surface area contributed by atoms with Crippen LogP contribution in [-0.4, -0.2) is 28.6 Å². The number of hydrogen-bond donors (Lipinski definition) is 1. The van der Waals surface area contributed by atoms with Crippen molar-refractivity contribution < 1.29 is 20.1 Å². The fraction of sp³-hybridized carbons (Fsp3) is 0.714. The molecule has 133 valence electrons. The first kappa shape index (κ1) is 25.3. The van der Waals surface area contributed by atoms with E-state index in [0.717, 1.165) is 6.42 Å². The molecule has 0 amide bonds. The Bertz CT molecular complexity index is 540. The van der Waals surface area contributed by atoms with Crippen molar-refractivity contribution in [2.24, 2.45) is 0 Å². The molecule has 0 saturated carbocycles. The van der Waals surface area contributed by atoms with E-state index in [0.29, 0.717) is 0 Å². The summed E-state index contributed by atoms with van der Waals surface area (Å²) in [7, 11) is 1.98. The van der Waals surface area contributed by atoms with Crippen LogP contribution in [0.2, 0.25) is 24.9 Å². The van der Waals surface area contributed by atoms with Crippen LogP contribution in [0.1, 0.15) is 27.2 Å². The van der Waals surface area contributed by atoms with Gasteiger partial charge in [0.2, 0.25) is 0 Å². The molecule has 0 aromatic rings. The minimum atomic E-state index is -4.41. The van der Waals surface area contributed by atoms with Crippen LogP contribution in [0.15, 0.2) is 22.1 Å². The second-order valence-electron chi connectivity index (χ2n) is 8.64. The molecule has 0 aromatic carbocycles. The average Bonchev–Trinajstić information content (AvgIpc) is 2.64. The second kappa shape index (κ2) is 6.77. The molecule has 3 nitrogen and oxygen atoms in total. The van der Waals surface area contributed by atoms with Crippen molar-refractivity contribution in [3.63, 3.8) is 0 Å². The predicted molar refractivity (Wildman–Crippen MR) is 105 cm³/mol. The molecule has 1 aliphatic carbocycles. The minimum absolute atomic E-state index is 0. The van der Waals surface area contributed by atoms with Gasteiger partial charge in [-0.3, -0.25) is 0 Å². The number of halogens is 2. The first-order valence-corrected chi connectivity index (χ1v) is 19.2. The fourth-order valence-electron chi connectivity index (χ4n) is 3.49. The van der Waals surface area contributed by atoms with E-state index in [2.05, 4.69) is 67.7 Å². The number of nitrogens with one attached hydrogen (secondary N) is 1. The predicted octanol–water partition coefficient (Wildman–Crippen LogP) is 4.13. The Morgan fingerprint density at radius 1 is 1.23 bits per heavy atom. The fourth-order valence-corrected chi connectivity index (χ4v) is 30.9. The van der Waals surface area contributed by atoms with E-state index in [9.17, 15) is 0 Å². The average molecular weight is 423 g/mol. The molecule has 22 heavy (non-hydrogen) atoms. The third kappa shape index (κ3) is 5.57. The first-order valence-electron chi connectivity index (χ1n) is 7.34. The van der Waals surface area contributed by atoms with Crippen LogP contribution in [0.25, 0.3) is 0 Å².